The van der Waals surface area contributed by atoms with Crippen molar-refractivity contribution in [3.8, 4) is 28.6 Å². The van der Waals surface area contributed by atoms with E-state index >= 15 is 0 Å². The minimum absolute atomic E-state index is 0.0211. The number of aromatic nitrogens is 4. The highest BCUT2D eigenvalue weighted by Gasteiger charge is 2.41. The number of para-hydroxylation sites is 1. The molecule has 2 heterocycles. The number of benzene rings is 2. The van der Waals surface area contributed by atoms with Crippen LogP contribution in [0.1, 0.15) is 16.1 Å². The number of rotatable bonds is 8. The summed E-state index contributed by atoms with van der Waals surface area (Å²) in [6.07, 6.45) is -4.02. The molecule has 11 heteroatoms. The third-order valence-electron chi connectivity index (χ3n) is 4.95. The number of nitrogens with zero attached hydrogens (tertiary/aromatic N) is 4. The SMILES string of the molecule is COc1ccc(-n2ncc(C(=O)NCCOc3ccccc3-c3ccccc3)c2C(F)(F)F)nn1. The van der Waals surface area contributed by atoms with Gasteiger partial charge in [-0.05, 0) is 17.7 Å². The fourth-order valence-corrected chi connectivity index (χ4v) is 3.37. The van der Waals surface area contributed by atoms with Gasteiger partial charge in [0.15, 0.2) is 11.5 Å². The Balaban J connectivity index is 1.45. The lowest BCUT2D eigenvalue weighted by Crippen LogP contribution is -2.30. The molecule has 0 bridgehead atoms. The van der Waals surface area contributed by atoms with E-state index < -0.39 is 23.3 Å². The lowest BCUT2D eigenvalue weighted by molar-refractivity contribution is -0.143. The molecule has 0 atom stereocenters. The van der Waals surface area contributed by atoms with Crippen LogP contribution in [0.5, 0.6) is 11.6 Å². The molecule has 0 radical (unpaired) electrons. The molecular formula is C24H20F3N5O3. The van der Waals surface area contributed by atoms with Crippen molar-refractivity contribution in [3.63, 3.8) is 0 Å². The van der Waals surface area contributed by atoms with Gasteiger partial charge in [0, 0.05) is 11.6 Å². The predicted molar refractivity (Wildman–Crippen MR) is 120 cm³/mol. The van der Waals surface area contributed by atoms with Crippen molar-refractivity contribution in [3.05, 3.63) is 84.2 Å². The first-order valence-electron chi connectivity index (χ1n) is 10.5. The number of methoxy groups -OCH3 is 1. The first-order chi connectivity index (χ1) is 16.9. The molecular weight excluding hydrogens is 463 g/mol. The summed E-state index contributed by atoms with van der Waals surface area (Å²) in [6.45, 7) is 0.0296. The molecule has 2 aromatic heterocycles. The second kappa shape index (κ2) is 10.2. The normalized spacial score (nSPS) is 11.2. The van der Waals surface area contributed by atoms with Crippen LogP contribution in [-0.2, 0) is 6.18 Å². The Kier molecular flexibility index (Phi) is 6.95. The third kappa shape index (κ3) is 5.40. The van der Waals surface area contributed by atoms with Crippen molar-refractivity contribution in [2.75, 3.05) is 20.3 Å². The zero-order valence-electron chi connectivity index (χ0n) is 18.5. The molecule has 1 amide bonds. The van der Waals surface area contributed by atoms with E-state index in [4.69, 9.17) is 9.47 Å². The molecule has 0 fully saturated rings. The van der Waals surface area contributed by atoms with Crippen LogP contribution in [0.25, 0.3) is 16.9 Å². The Morgan fingerprint density at radius 1 is 1.00 bits per heavy atom. The maximum atomic E-state index is 13.8. The van der Waals surface area contributed by atoms with Crippen molar-refractivity contribution in [2.24, 2.45) is 0 Å². The summed E-state index contributed by atoms with van der Waals surface area (Å²) in [6, 6.07) is 19.6. The molecule has 0 aliphatic rings. The number of hydrogen-bond donors (Lipinski definition) is 1. The third-order valence-corrected chi connectivity index (χ3v) is 4.95. The molecule has 0 saturated carbocycles. The van der Waals surface area contributed by atoms with Crippen LogP contribution in [0.15, 0.2) is 72.9 Å². The van der Waals surface area contributed by atoms with Gasteiger partial charge in [-0.2, -0.15) is 18.3 Å². The highest BCUT2D eigenvalue weighted by molar-refractivity contribution is 5.95. The number of hydrogen-bond acceptors (Lipinski definition) is 6. The summed E-state index contributed by atoms with van der Waals surface area (Å²) in [7, 11) is 1.35. The summed E-state index contributed by atoms with van der Waals surface area (Å²) in [5, 5.41) is 13.5. The Labute approximate surface area is 198 Å². The Morgan fingerprint density at radius 2 is 1.74 bits per heavy atom. The summed E-state index contributed by atoms with van der Waals surface area (Å²) >= 11 is 0. The molecule has 8 nitrogen and oxygen atoms in total. The number of alkyl halides is 3. The summed E-state index contributed by atoms with van der Waals surface area (Å²) in [4.78, 5) is 12.6. The van der Waals surface area contributed by atoms with E-state index in [-0.39, 0.29) is 24.8 Å². The van der Waals surface area contributed by atoms with Gasteiger partial charge >= 0.3 is 6.18 Å². The van der Waals surface area contributed by atoms with Crippen LogP contribution in [0, 0.1) is 0 Å². The van der Waals surface area contributed by atoms with E-state index in [9.17, 15) is 18.0 Å². The Hall–Kier alpha value is -4.41. The standard InChI is InChI=1S/C24H20F3N5O3/c1-34-21-12-11-20(30-31-21)32-22(24(25,26)27)18(15-29-32)23(33)28-13-14-35-19-10-6-5-9-17(19)16-7-3-2-4-8-16/h2-12,15H,13-14H2,1H3,(H,28,33). The average molecular weight is 483 g/mol. The largest absolute Gasteiger partial charge is 0.491 e. The predicted octanol–water partition coefficient (Wildman–Crippen LogP) is 4.17. The van der Waals surface area contributed by atoms with Gasteiger partial charge < -0.3 is 14.8 Å². The summed E-state index contributed by atoms with van der Waals surface area (Å²) < 4.78 is 52.6. The van der Waals surface area contributed by atoms with Crippen molar-refractivity contribution >= 4 is 5.91 Å². The number of amides is 1. The van der Waals surface area contributed by atoms with Crippen molar-refractivity contribution < 1.29 is 27.4 Å². The highest BCUT2D eigenvalue weighted by Crippen LogP contribution is 2.33. The first-order valence-corrected chi connectivity index (χ1v) is 10.5. The zero-order chi connectivity index (χ0) is 24.8. The fraction of sp³-hybridized carbons (Fsp3) is 0.167. The number of halogens is 3. The topological polar surface area (TPSA) is 91.2 Å². The van der Waals surface area contributed by atoms with Gasteiger partial charge in [0.1, 0.15) is 12.4 Å². The van der Waals surface area contributed by atoms with E-state index in [0.29, 0.717) is 10.4 Å². The molecule has 0 aliphatic heterocycles. The molecule has 180 valence electrons. The number of nitrogens with one attached hydrogen (secondary N) is 1. The minimum atomic E-state index is -4.87. The van der Waals surface area contributed by atoms with E-state index in [1.165, 1.54) is 19.2 Å². The molecule has 0 saturated heterocycles. The van der Waals surface area contributed by atoms with Crippen LogP contribution in [-0.4, -0.2) is 46.1 Å². The molecule has 0 spiro atoms. The van der Waals surface area contributed by atoms with Crippen LogP contribution in [0.3, 0.4) is 0 Å². The number of ether oxygens (including phenoxy) is 2. The van der Waals surface area contributed by atoms with Crippen molar-refractivity contribution in [1.82, 2.24) is 25.3 Å². The van der Waals surface area contributed by atoms with Gasteiger partial charge in [0.25, 0.3) is 5.91 Å². The molecule has 0 aliphatic carbocycles. The monoisotopic (exact) mass is 483 g/mol. The van der Waals surface area contributed by atoms with Crippen LogP contribution < -0.4 is 14.8 Å². The maximum Gasteiger partial charge on any atom is 0.434 e. The van der Waals surface area contributed by atoms with Gasteiger partial charge in [-0.15, -0.1) is 10.2 Å². The van der Waals surface area contributed by atoms with Gasteiger partial charge in [0.05, 0.1) is 25.4 Å². The second-order valence-corrected chi connectivity index (χ2v) is 7.22. The highest BCUT2D eigenvalue weighted by atomic mass is 19.4. The van der Waals surface area contributed by atoms with Gasteiger partial charge in [-0.3, -0.25) is 4.79 Å². The first kappa shape index (κ1) is 23.7. The summed E-state index contributed by atoms with van der Waals surface area (Å²) in [5.74, 6) is -0.431. The van der Waals surface area contributed by atoms with Crippen molar-refractivity contribution in [1.29, 1.82) is 0 Å². The minimum Gasteiger partial charge on any atom is -0.491 e. The Morgan fingerprint density at radius 3 is 2.43 bits per heavy atom. The second-order valence-electron chi connectivity index (χ2n) is 7.22. The van der Waals surface area contributed by atoms with Gasteiger partial charge in [-0.25, -0.2) is 4.68 Å². The van der Waals surface area contributed by atoms with Crippen LogP contribution >= 0.6 is 0 Å². The molecule has 4 aromatic rings. The maximum absolute atomic E-state index is 13.8. The average Bonchev–Trinajstić information content (AvgIpc) is 3.34. The smallest absolute Gasteiger partial charge is 0.434 e. The number of carbonyl (C=O) groups is 1. The van der Waals surface area contributed by atoms with Gasteiger partial charge in [0.2, 0.25) is 5.88 Å². The lowest BCUT2D eigenvalue weighted by atomic mass is 10.1. The van der Waals surface area contributed by atoms with Crippen LogP contribution in [0.4, 0.5) is 13.2 Å². The Bertz CT molecular complexity index is 1290. The molecule has 4 rings (SSSR count). The molecule has 0 unspecified atom stereocenters. The van der Waals surface area contributed by atoms with Crippen molar-refractivity contribution in [2.45, 2.75) is 6.18 Å². The quantitative estimate of drug-likeness (QED) is 0.379. The zero-order valence-corrected chi connectivity index (χ0v) is 18.5. The number of carbonyl (C=O) groups excluding carboxylic acids is 1. The lowest BCUT2D eigenvalue weighted by Gasteiger charge is -2.13. The van der Waals surface area contributed by atoms with Crippen LogP contribution in [0.2, 0.25) is 0 Å². The van der Waals surface area contributed by atoms with E-state index in [1.54, 1.807) is 6.07 Å². The van der Waals surface area contributed by atoms with E-state index in [2.05, 4.69) is 20.6 Å². The molecule has 1 N–H and O–H groups in total. The van der Waals surface area contributed by atoms with E-state index in [0.717, 1.165) is 17.3 Å². The van der Waals surface area contributed by atoms with E-state index in [1.807, 2.05) is 48.5 Å². The molecule has 2 aromatic carbocycles. The fourth-order valence-electron chi connectivity index (χ4n) is 3.37. The summed E-state index contributed by atoms with van der Waals surface area (Å²) in [5.41, 5.74) is -0.0822. The molecule has 35 heavy (non-hydrogen) atoms. The van der Waals surface area contributed by atoms with Gasteiger partial charge in [-0.1, -0.05) is 48.5 Å².